The van der Waals surface area contributed by atoms with Crippen LogP contribution in [0, 0.1) is 0 Å². The fourth-order valence-corrected chi connectivity index (χ4v) is 1.00. The Morgan fingerprint density at radius 2 is 1.75 bits per heavy atom. The summed E-state index contributed by atoms with van der Waals surface area (Å²) in [4.78, 5) is 21.5. The molecule has 0 saturated carbocycles. The van der Waals surface area contributed by atoms with Crippen LogP contribution in [0.5, 0.6) is 0 Å². The first kappa shape index (κ1) is 20.8. The molecule has 0 aromatic heterocycles. The van der Waals surface area contributed by atoms with Gasteiger partial charge in [0.1, 0.15) is 6.04 Å². The SMILES string of the molecule is Cl.Cl.NCCCC[C@H](NC(=O)CN)C(=O)O. The van der Waals surface area contributed by atoms with Crippen LogP contribution in [0.25, 0.3) is 0 Å². The molecule has 98 valence electrons. The lowest BCUT2D eigenvalue weighted by Crippen LogP contribution is -2.43. The maximum atomic E-state index is 10.8. The molecule has 0 aliphatic heterocycles. The Morgan fingerprint density at radius 1 is 1.19 bits per heavy atom. The molecule has 6 nitrogen and oxygen atoms in total. The summed E-state index contributed by atoms with van der Waals surface area (Å²) in [6.07, 6.45) is 1.82. The second-order valence-corrected chi connectivity index (χ2v) is 2.95. The van der Waals surface area contributed by atoms with Crippen molar-refractivity contribution in [2.24, 2.45) is 11.5 Å². The lowest BCUT2D eigenvalue weighted by atomic mass is 10.1. The van der Waals surface area contributed by atoms with E-state index >= 15 is 0 Å². The first-order valence-electron chi connectivity index (χ1n) is 4.54. The number of hydrogen-bond acceptors (Lipinski definition) is 4. The fourth-order valence-electron chi connectivity index (χ4n) is 1.00. The second kappa shape index (κ2) is 12.5. The van der Waals surface area contributed by atoms with E-state index < -0.39 is 17.9 Å². The van der Waals surface area contributed by atoms with Crippen molar-refractivity contribution >= 4 is 36.7 Å². The molecule has 1 amide bonds. The summed E-state index contributed by atoms with van der Waals surface area (Å²) in [7, 11) is 0. The van der Waals surface area contributed by atoms with Crippen molar-refractivity contribution in [3.63, 3.8) is 0 Å². The largest absolute Gasteiger partial charge is 0.480 e. The van der Waals surface area contributed by atoms with E-state index in [2.05, 4.69) is 5.32 Å². The monoisotopic (exact) mass is 275 g/mol. The smallest absolute Gasteiger partial charge is 0.326 e. The Morgan fingerprint density at radius 3 is 2.12 bits per heavy atom. The second-order valence-electron chi connectivity index (χ2n) is 2.95. The number of nitrogens with two attached hydrogens (primary N) is 2. The third kappa shape index (κ3) is 9.97. The maximum Gasteiger partial charge on any atom is 0.326 e. The van der Waals surface area contributed by atoms with Crippen LogP contribution in [0.3, 0.4) is 0 Å². The van der Waals surface area contributed by atoms with Crippen LogP contribution in [0.2, 0.25) is 0 Å². The molecule has 0 heterocycles. The number of halogens is 2. The van der Waals surface area contributed by atoms with Crippen molar-refractivity contribution in [1.29, 1.82) is 0 Å². The van der Waals surface area contributed by atoms with Gasteiger partial charge in [0.15, 0.2) is 0 Å². The van der Waals surface area contributed by atoms with Crippen molar-refractivity contribution in [1.82, 2.24) is 5.32 Å². The van der Waals surface area contributed by atoms with E-state index in [0.29, 0.717) is 19.4 Å². The zero-order valence-electron chi connectivity index (χ0n) is 8.85. The molecule has 1 atom stereocenters. The molecule has 0 aliphatic rings. The van der Waals surface area contributed by atoms with Gasteiger partial charge in [-0.3, -0.25) is 4.79 Å². The van der Waals surface area contributed by atoms with Gasteiger partial charge in [-0.15, -0.1) is 24.8 Å². The summed E-state index contributed by atoms with van der Waals surface area (Å²) in [5, 5.41) is 11.1. The highest BCUT2D eigenvalue weighted by Crippen LogP contribution is 2.00. The highest BCUT2D eigenvalue weighted by atomic mass is 35.5. The number of aliphatic carboxylic acids is 1. The Bertz CT molecular complexity index is 205. The first-order valence-corrected chi connectivity index (χ1v) is 4.54. The lowest BCUT2D eigenvalue weighted by molar-refractivity contribution is -0.141. The molecule has 16 heavy (non-hydrogen) atoms. The van der Waals surface area contributed by atoms with Crippen LogP contribution < -0.4 is 16.8 Å². The number of nitrogens with one attached hydrogen (secondary N) is 1. The first-order chi connectivity index (χ1) is 6.61. The van der Waals surface area contributed by atoms with Crippen molar-refractivity contribution in [2.75, 3.05) is 13.1 Å². The van der Waals surface area contributed by atoms with Crippen LogP contribution in [-0.4, -0.2) is 36.1 Å². The van der Waals surface area contributed by atoms with Gasteiger partial charge in [0.25, 0.3) is 0 Å². The number of rotatable bonds is 7. The van der Waals surface area contributed by atoms with Gasteiger partial charge in [0, 0.05) is 0 Å². The van der Waals surface area contributed by atoms with E-state index in [0.717, 1.165) is 6.42 Å². The van der Waals surface area contributed by atoms with E-state index in [9.17, 15) is 9.59 Å². The summed E-state index contributed by atoms with van der Waals surface area (Å²) < 4.78 is 0. The molecule has 0 unspecified atom stereocenters. The Kier molecular flexibility index (Phi) is 16.3. The molecule has 0 rings (SSSR count). The zero-order chi connectivity index (χ0) is 11.0. The van der Waals surface area contributed by atoms with E-state index in [4.69, 9.17) is 16.6 Å². The molecular weight excluding hydrogens is 257 g/mol. The molecule has 8 heteroatoms. The van der Waals surface area contributed by atoms with Crippen LogP contribution in [0.15, 0.2) is 0 Å². The molecule has 0 aromatic carbocycles. The van der Waals surface area contributed by atoms with Gasteiger partial charge in [-0.1, -0.05) is 0 Å². The molecule has 0 bridgehead atoms. The third-order valence-corrected chi connectivity index (χ3v) is 1.77. The van der Waals surface area contributed by atoms with Gasteiger partial charge in [0.2, 0.25) is 5.91 Å². The van der Waals surface area contributed by atoms with Gasteiger partial charge in [-0.25, -0.2) is 4.79 Å². The normalized spacial score (nSPS) is 10.6. The number of unbranched alkanes of at least 4 members (excludes halogenated alkanes) is 1. The number of carbonyl (C=O) groups excluding carboxylic acids is 1. The standard InChI is InChI=1S/C8H17N3O3.2ClH/c9-4-2-1-3-6(8(13)14)11-7(12)5-10;;/h6H,1-5,9-10H2,(H,11,12)(H,13,14);2*1H/t6-;;/m0../s1. The maximum absolute atomic E-state index is 10.8. The number of carboxylic acid groups (broad SMARTS) is 1. The lowest BCUT2D eigenvalue weighted by Gasteiger charge is -2.13. The average molecular weight is 276 g/mol. The Balaban J connectivity index is -0.000000845. The molecule has 0 radical (unpaired) electrons. The minimum atomic E-state index is -1.04. The van der Waals surface area contributed by atoms with E-state index in [1.165, 1.54) is 0 Å². The van der Waals surface area contributed by atoms with Gasteiger partial charge >= 0.3 is 5.97 Å². The van der Waals surface area contributed by atoms with Crippen LogP contribution in [-0.2, 0) is 9.59 Å². The molecule has 0 aliphatic carbocycles. The molecular formula is C8H19Cl2N3O3. The molecule has 0 spiro atoms. The third-order valence-electron chi connectivity index (χ3n) is 1.77. The summed E-state index contributed by atoms with van der Waals surface area (Å²) >= 11 is 0. The number of carboxylic acids is 1. The van der Waals surface area contributed by atoms with Crippen molar-refractivity contribution in [3.8, 4) is 0 Å². The van der Waals surface area contributed by atoms with Crippen LogP contribution in [0.4, 0.5) is 0 Å². The van der Waals surface area contributed by atoms with E-state index in [1.54, 1.807) is 0 Å². The number of carbonyl (C=O) groups is 2. The predicted octanol–water partition coefficient (Wildman–Crippen LogP) is -0.513. The summed E-state index contributed by atoms with van der Waals surface area (Å²) in [6.45, 7) is 0.331. The number of hydrogen-bond donors (Lipinski definition) is 4. The molecule has 0 fully saturated rings. The minimum Gasteiger partial charge on any atom is -0.480 e. The summed E-state index contributed by atoms with van der Waals surface area (Å²) in [5.74, 6) is -1.49. The van der Waals surface area contributed by atoms with Crippen molar-refractivity contribution in [3.05, 3.63) is 0 Å². The Labute approximate surface area is 107 Å². The van der Waals surface area contributed by atoms with Crippen LogP contribution in [0.1, 0.15) is 19.3 Å². The van der Waals surface area contributed by atoms with E-state index in [1.807, 2.05) is 0 Å². The van der Waals surface area contributed by atoms with E-state index in [-0.39, 0.29) is 31.4 Å². The van der Waals surface area contributed by atoms with Crippen molar-refractivity contribution in [2.45, 2.75) is 25.3 Å². The predicted molar refractivity (Wildman–Crippen MR) is 66.0 cm³/mol. The van der Waals surface area contributed by atoms with Crippen molar-refractivity contribution < 1.29 is 14.7 Å². The zero-order valence-corrected chi connectivity index (χ0v) is 10.5. The topological polar surface area (TPSA) is 118 Å². The average Bonchev–Trinajstić information content (AvgIpc) is 2.16. The highest BCUT2D eigenvalue weighted by Gasteiger charge is 2.18. The molecule has 0 aromatic rings. The minimum absolute atomic E-state index is 0. The van der Waals surface area contributed by atoms with Gasteiger partial charge < -0.3 is 21.9 Å². The Hall–Kier alpha value is -0.560. The van der Waals surface area contributed by atoms with Gasteiger partial charge in [-0.05, 0) is 25.8 Å². The summed E-state index contributed by atoms with van der Waals surface area (Å²) in [5.41, 5.74) is 10.3. The highest BCUT2D eigenvalue weighted by molar-refractivity contribution is 5.85. The van der Waals surface area contributed by atoms with Gasteiger partial charge in [-0.2, -0.15) is 0 Å². The summed E-state index contributed by atoms with van der Waals surface area (Å²) in [6, 6.07) is -0.849. The number of amides is 1. The fraction of sp³-hybridized carbons (Fsp3) is 0.750. The quantitative estimate of drug-likeness (QED) is 0.467. The van der Waals surface area contributed by atoms with Gasteiger partial charge in [0.05, 0.1) is 6.54 Å². The molecule has 6 N–H and O–H groups in total. The molecule has 0 saturated heterocycles. The van der Waals surface area contributed by atoms with Crippen LogP contribution >= 0.6 is 24.8 Å².